The van der Waals surface area contributed by atoms with E-state index in [2.05, 4.69) is 26.2 Å². The second-order valence-corrected chi connectivity index (χ2v) is 7.63. The van der Waals surface area contributed by atoms with Gasteiger partial charge in [0.2, 0.25) is 10.0 Å². The fraction of sp³-hybridized carbons (Fsp3) is 0.0714. The molecule has 0 aliphatic rings. The number of pyridine rings is 1. The van der Waals surface area contributed by atoms with Crippen molar-refractivity contribution >= 4 is 43.0 Å². The molecule has 0 bridgehead atoms. The maximum absolute atomic E-state index is 11.7. The molecule has 0 aliphatic heterocycles. The number of aromatic nitrogens is 2. The Morgan fingerprint density at radius 1 is 1.28 bits per heavy atom. The van der Waals surface area contributed by atoms with Crippen LogP contribution < -0.4 is 10.5 Å². The van der Waals surface area contributed by atoms with Crippen molar-refractivity contribution in [2.45, 2.75) is 11.4 Å². The predicted octanol–water partition coefficient (Wildman–Crippen LogP) is 2.26. The summed E-state index contributed by atoms with van der Waals surface area (Å²) in [6.07, 6.45) is 3.63. The number of rotatable bonds is 5. The van der Waals surface area contributed by atoms with Crippen LogP contribution in [0.3, 0.4) is 0 Å². The highest BCUT2D eigenvalue weighted by molar-refractivity contribution is 9.10. The third-order valence-corrected chi connectivity index (χ3v) is 4.83. The fourth-order valence-corrected chi connectivity index (χ4v) is 3.38. The van der Waals surface area contributed by atoms with E-state index in [1.54, 1.807) is 6.20 Å². The van der Waals surface area contributed by atoms with Crippen molar-refractivity contribution < 1.29 is 13.3 Å². The molecule has 9 nitrogen and oxygen atoms in total. The average Bonchev–Trinajstić information content (AvgIpc) is 2.93. The second kappa shape index (κ2) is 6.43. The molecule has 0 aliphatic carbocycles. The third-order valence-electron chi connectivity index (χ3n) is 3.41. The number of anilines is 1. The number of imidazole rings is 1. The number of non-ortho nitro benzene ring substituents is 1. The molecule has 1 aromatic carbocycles. The molecule has 2 heterocycles. The van der Waals surface area contributed by atoms with E-state index in [4.69, 9.17) is 5.14 Å². The number of nitrogens with zero attached hydrogens (tertiary/aromatic N) is 3. The number of nitrogens with one attached hydrogen (secondary N) is 1. The van der Waals surface area contributed by atoms with Gasteiger partial charge >= 0.3 is 0 Å². The third kappa shape index (κ3) is 3.78. The zero-order chi connectivity index (χ0) is 18.2. The van der Waals surface area contributed by atoms with Crippen molar-refractivity contribution in [3.63, 3.8) is 0 Å². The van der Waals surface area contributed by atoms with E-state index in [1.165, 1.54) is 12.1 Å². The van der Waals surface area contributed by atoms with Gasteiger partial charge in [-0.2, -0.15) is 0 Å². The van der Waals surface area contributed by atoms with E-state index in [1.807, 2.05) is 22.7 Å². The maximum atomic E-state index is 11.7. The lowest BCUT2D eigenvalue weighted by molar-refractivity contribution is -0.385. The van der Waals surface area contributed by atoms with Crippen LogP contribution in [0.25, 0.3) is 5.65 Å². The molecule has 2 aromatic heterocycles. The summed E-state index contributed by atoms with van der Waals surface area (Å²) in [5.74, 6) is 0. The van der Waals surface area contributed by atoms with Crippen LogP contribution in [0, 0.1) is 10.1 Å². The largest absolute Gasteiger partial charge is 0.378 e. The molecule has 0 amide bonds. The Labute approximate surface area is 150 Å². The summed E-state index contributed by atoms with van der Waals surface area (Å²) in [6, 6.07) is 7.13. The van der Waals surface area contributed by atoms with Gasteiger partial charge in [0.1, 0.15) is 10.5 Å². The Balaban J connectivity index is 1.90. The molecule has 0 spiro atoms. The summed E-state index contributed by atoms with van der Waals surface area (Å²) >= 11 is 3.37. The van der Waals surface area contributed by atoms with Gasteiger partial charge in [-0.15, -0.1) is 0 Å². The lowest BCUT2D eigenvalue weighted by Crippen LogP contribution is -2.15. The highest BCUT2D eigenvalue weighted by Gasteiger charge is 2.19. The van der Waals surface area contributed by atoms with Crippen LogP contribution in [-0.4, -0.2) is 22.7 Å². The number of nitro benzene ring substituents is 1. The number of sulfonamides is 1. The van der Waals surface area contributed by atoms with Crippen molar-refractivity contribution in [1.29, 1.82) is 0 Å². The molecular weight excluding hydrogens is 414 g/mol. The minimum Gasteiger partial charge on any atom is -0.378 e. The monoisotopic (exact) mass is 425 g/mol. The average molecular weight is 426 g/mol. The second-order valence-electron chi connectivity index (χ2n) is 5.18. The molecule has 0 fully saturated rings. The lowest BCUT2D eigenvalue weighted by atomic mass is 10.2. The van der Waals surface area contributed by atoms with E-state index >= 15 is 0 Å². The highest BCUT2D eigenvalue weighted by Crippen LogP contribution is 2.26. The number of nitro groups is 1. The summed E-state index contributed by atoms with van der Waals surface area (Å²) < 4.78 is 26.1. The molecule has 0 unspecified atom stereocenters. The SMILES string of the molecule is NS(=O)(=O)c1cc([N+](=O)[O-])ccc1NCc1cn2cc(Br)ccc2n1. The van der Waals surface area contributed by atoms with Crippen molar-refractivity contribution in [3.8, 4) is 0 Å². The molecule has 11 heteroatoms. The molecule has 3 rings (SSSR count). The van der Waals surface area contributed by atoms with Gasteiger partial charge in [0.05, 0.1) is 22.8 Å². The van der Waals surface area contributed by atoms with Gasteiger partial charge in [-0.05, 0) is 34.1 Å². The number of halogens is 1. The summed E-state index contributed by atoms with van der Waals surface area (Å²) in [7, 11) is -4.12. The molecule has 3 aromatic rings. The van der Waals surface area contributed by atoms with Gasteiger partial charge in [-0.3, -0.25) is 10.1 Å². The highest BCUT2D eigenvalue weighted by atomic mass is 79.9. The Morgan fingerprint density at radius 2 is 2.04 bits per heavy atom. The number of nitrogens with two attached hydrogens (primary N) is 1. The Kier molecular flexibility index (Phi) is 4.45. The zero-order valence-electron chi connectivity index (χ0n) is 12.6. The number of fused-ring (bicyclic) bond motifs is 1. The minimum atomic E-state index is -4.12. The maximum Gasteiger partial charge on any atom is 0.270 e. The van der Waals surface area contributed by atoms with Crippen LogP contribution in [0.5, 0.6) is 0 Å². The first kappa shape index (κ1) is 17.3. The van der Waals surface area contributed by atoms with Crippen LogP contribution >= 0.6 is 15.9 Å². The van der Waals surface area contributed by atoms with Crippen LogP contribution in [0.4, 0.5) is 11.4 Å². The molecule has 0 radical (unpaired) electrons. The number of primary sulfonamides is 1. The number of hydrogen-bond donors (Lipinski definition) is 2. The summed E-state index contributed by atoms with van der Waals surface area (Å²) in [4.78, 5) is 14.2. The van der Waals surface area contributed by atoms with Crippen LogP contribution in [0.1, 0.15) is 5.69 Å². The number of benzene rings is 1. The first-order valence-corrected chi connectivity index (χ1v) is 9.26. The molecule has 0 atom stereocenters. The topological polar surface area (TPSA) is 133 Å². The van der Waals surface area contributed by atoms with Crippen molar-refractivity contribution in [1.82, 2.24) is 9.38 Å². The van der Waals surface area contributed by atoms with E-state index in [0.29, 0.717) is 5.69 Å². The van der Waals surface area contributed by atoms with Crippen LogP contribution in [0.15, 0.2) is 52.1 Å². The molecule has 0 saturated heterocycles. The van der Waals surface area contributed by atoms with Crippen molar-refractivity contribution in [3.05, 3.63) is 63.0 Å². The van der Waals surface area contributed by atoms with E-state index in [9.17, 15) is 18.5 Å². The fourth-order valence-electron chi connectivity index (χ4n) is 2.29. The lowest BCUT2D eigenvalue weighted by Gasteiger charge is -2.09. The zero-order valence-corrected chi connectivity index (χ0v) is 15.0. The van der Waals surface area contributed by atoms with Gasteiger partial charge in [0.15, 0.2) is 0 Å². The van der Waals surface area contributed by atoms with Gasteiger partial charge in [0, 0.05) is 29.0 Å². The molecular formula is C14H12BrN5O4S. The predicted molar refractivity (Wildman–Crippen MR) is 94.7 cm³/mol. The minimum absolute atomic E-state index is 0.173. The Hall–Kier alpha value is -2.50. The molecule has 0 saturated carbocycles. The summed E-state index contributed by atoms with van der Waals surface area (Å²) in [5, 5.41) is 18.9. The Bertz CT molecular complexity index is 1080. The van der Waals surface area contributed by atoms with Gasteiger partial charge in [-0.1, -0.05) is 0 Å². The quantitative estimate of drug-likeness (QED) is 0.475. The normalized spacial score (nSPS) is 11.6. The van der Waals surface area contributed by atoms with E-state index < -0.39 is 14.9 Å². The van der Waals surface area contributed by atoms with Crippen molar-refractivity contribution in [2.75, 3.05) is 5.32 Å². The summed E-state index contributed by atoms with van der Waals surface area (Å²) in [6.45, 7) is 0.222. The standard InChI is InChI=1S/C14H12BrN5O4S/c15-9-1-4-14-18-10(8-19(14)7-9)6-17-12-3-2-11(20(21)22)5-13(12)25(16,23)24/h1-5,7-8,17H,6H2,(H2,16,23,24). The first-order valence-electron chi connectivity index (χ1n) is 6.92. The molecule has 3 N–H and O–H groups in total. The van der Waals surface area contributed by atoms with E-state index in [-0.39, 0.29) is 22.8 Å². The summed E-state index contributed by atoms with van der Waals surface area (Å²) in [5.41, 5.74) is 1.21. The smallest absolute Gasteiger partial charge is 0.270 e. The number of hydrogen-bond acceptors (Lipinski definition) is 6. The van der Waals surface area contributed by atoms with Gasteiger partial charge in [0.25, 0.3) is 5.69 Å². The van der Waals surface area contributed by atoms with Crippen LogP contribution in [-0.2, 0) is 16.6 Å². The van der Waals surface area contributed by atoms with E-state index in [0.717, 1.165) is 16.2 Å². The van der Waals surface area contributed by atoms with Crippen LogP contribution in [0.2, 0.25) is 0 Å². The molecule has 25 heavy (non-hydrogen) atoms. The first-order chi connectivity index (χ1) is 11.7. The molecule has 130 valence electrons. The van der Waals surface area contributed by atoms with Gasteiger partial charge < -0.3 is 9.72 Å². The Morgan fingerprint density at radius 3 is 2.72 bits per heavy atom. The van der Waals surface area contributed by atoms with Gasteiger partial charge in [-0.25, -0.2) is 18.5 Å². The van der Waals surface area contributed by atoms with Crippen molar-refractivity contribution in [2.24, 2.45) is 5.14 Å².